The van der Waals surface area contributed by atoms with Crippen LogP contribution in [-0.2, 0) is 23.0 Å². The SMILES string of the molecule is O=C(CC1(c2ccc(C(F)(F)F)cc2)CC1)N1CC(n2cc(COc3ccc(Cl)cc3)nn2)C1. The molecule has 1 aliphatic heterocycles. The van der Waals surface area contributed by atoms with E-state index >= 15 is 0 Å². The summed E-state index contributed by atoms with van der Waals surface area (Å²) < 4.78 is 45.9. The molecule has 0 N–H and O–H groups in total. The summed E-state index contributed by atoms with van der Waals surface area (Å²) in [6.45, 7) is 1.33. The highest BCUT2D eigenvalue weighted by molar-refractivity contribution is 6.30. The lowest BCUT2D eigenvalue weighted by Gasteiger charge is -2.39. The van der Waals surface area contributed by atoms with Crippen LogP contribution in [0.5, 0.6) is 5.75 Å². The van der Waals surface area contributed by atoms with E-state index in [0.717, 1.165) is 30.5 Å². The van der Waals surface area contributed by atoms with Gasteiger partial charge in [-0.05, 0) is 54.8 Å². The molecule has 2 aliphatic rings. The molecule has 0 unspecified atom stereocenters. The Morgan fingerprint density at radius 3 is 2.38 bits per heavy atom. The van der Waals surface area contributed by atoms with Gasteiger partial charge in [0.05, 0.1) is 17.8 Å². The van der Waals surface area contributed by atoms with E-state index in [1.54, 1.807) is 33.8 Å². The van der Waals surface area contributed by atoms with Gasteiger partial charge in [-0.25, -0.2) is 4.68 Å². The third-order valence-electron chi connectivity index (χ3n) is 6.51. The van der Waals surface area contributed by atoms with Crippen molar-refractivity contribution in [3.8, 4) is 5.75 Å². The van der Waals surface area contributed by atoms with Gasteiger partial charge in [-0.3, -0.25) is 4.79 Å². The van der Waals surface area contributed by atoms with Crippen LogP contribution in [0.15, 0.2) is 54.7 Å². The van der Waals surface area contributed by atoms with Gasteiger partial charge in [-0.15, -0.1) is 5.10 Å². The molecular formula is C24H22ClF3N4O2. The van der Waals surface area contributed by atoms with E-state index in [-0.39, 0.29) is 24.0 Å². The van der Waals surface area contributed by atoms with E-state index in [9.17, 15) is 18.0 Å². The number of hydrogen-bond acceptors (Lipinski definition) is 4. The number of halogens is 4. The highest BCUT2D eigenvalue weighted by atomic mass is 35.5. The van der Waals surface area contributed by atoms with Crippen LogP contribution in [-0.4, -0.2) is 38.9 Å². The van der Waals surface area contributed by atoms with E-state index in [1.165, 1.54) is 12.1 Å². The van der Waals surface area contributed by atoms with Crippen molar-refractivity contribution >= 4 is 17.5 Å². The predicted molar refractivity (Wildman–Crippen MR) is 118 cm³/mol. The molecule has 2 fully saturated rings. The Labute approximate surface area is 199 Å². The van der Waals surface area contributed by atoms with Crippen LogP contribution in [0.1, 0.15) is 42.1 Å². The monoisotopic (exact) mass is 490 g/mol. The molecule has 1 amide bonds. The molecule has 2 aromatic carbocycles. The predicted octanol–water partition coefficient (Wildman–Crippen LogP) is 5.03. The first-order chi connectivity index (χ1) is 16.2. The van der Waals surface area contributed by atoms with Crippen molar-refractivity contribution in [3.63, 3.8) is 0 Å². The van der Waals surface area contributed by atoms with Gasteiger partial charge in [-0.1, -0.05) is 28.9 Å². The van der Waals surface area contributed by atoms with E-state index in [1.807, 2.05) is 6.20 Å². The van der Waals surface area contributed by atoms with E-state index < -0.39 is 11.7 Å². The fourth-order valence-electron chi connectivity index (χ4n) is 4.20. The lowest BCUT2D eigenvalue weighted by molar-refractivity contribution is -0.138. The Hall–Kier alpha value is -3.07. The van der Waals surface area contributed by atoms with Crippen molar-refractivity contribution in [1.82, 2.24) is 19.9 Å². The van der Waals surface area contributed by atoms with Crippen LogP contribution in [0.3, 0.4) is 0 Å². The number of amides is 1. The smallest absolute Gasteiger partial charge is 0.416 e. The number of hydrogen-bond donors (Lipinski definition) is 0. The third kappa shape index (κ3) is 4.75. The Kier molecular flexibility index (Phi) is 5.75. The van der Waals surface area contributed by atoms with Crippen molar-refractivity contribution in [2.75, 3.05) is 13.1 Å². The van der Waals surface area contributed by atoms with E-state index in [2.05, 4.69) is 10.3 Å². The maximum absolute atomic E-state index is 12.8. The maximum atomic E-state index is 12.8. The Bertz CT molecular complexity index is 1170. The Balaban J connectivity index is 1.12. The largest absolute Gasteiger partial charge is 0.487 e. The van der Waals surface area contributed by atoms with Gasteiger partial charge in [0.15, 0.2) is 0 Å². The molecule has 6 nitrogen and oxygen atoms in total. The minimum absolute atomic E-state index is 0.0139. The summed E-state index contributed by atoms with van der Waals surface area (Å²) in [6, 6.07) is 12.3. The molecule has 3 aromatic rings. The summed E-state index contributed by atoms with van der Waals surface area (Å²) in [5, 5.41) is 8.92. The minimum Gasteiger partial charge on any atom is -0.487 e. The van der Waals surface area contributed by atoms with Crippen LogP contribution < -0.4 is 4.74 Å². The van der Waals surface area contributed by atoms with Crippen LogP contribution in [0, 0.1) is 0 Å². The molecule has 1 saturated carbocycles. The minimum atomic E-state index is -4.36. The second-order valence-corrected chi connectivity index (χ2v) is 9.35. The number of aromatic nitrogens is 3. The summed E-state index contributed by atoms with van der Waals surface area (Å²) in [6.07, 6.45) is -0.626. The second-order valence-electron chi connectivity index (χ2n) is 8.92. The van der Waals surface area contributed by atoms with E-state index in [0.29, 0.717) is 36.0 Å². The number of alkyl halides is 3. The van der Waals surface area contributed by atoms with Gasteiger partial charge in [0.1, 0.15) is 18.1 Å². The van der Waals surface area contributed by atoms with Crippen molar-refractivity contribution in [2.24, 2.45) is 0 Å². The maximum Gasteiger partial charge on any atom is 0.416 e. The molecule has 1 aliphatic carbocycles. The van der Waals surface area contributed by atoms with Crippen molar-refractivity contribution in [1.29, 1.82) is 0 Å². The molecule has 1 aromatic heterocycles. The summed E-state index contributed by atoms with van der Waals surface area (Å²) in [4.78, 5) is 14.6. The topological polar surface area (TPSA) is 60.2 Å². The molecule has 2 heterocycles. The first kappa shape index (κ1) is 22.7. The summed E-state index contributed by atoms with van der Waals surface area (Å²) >= 11 is 5.87. The first-order valence-electron chi connectivity index (χ1n) is 11.0. The molecule has 1 saturated heterocycles. The molecule has 10 heteroatoms. The number of carbonyl (C=O) groups is 1. The van der Waals surface area contributed by atoms with Crippen LogP contribution in [0.25, 0.3) is 0 Å². The van der Waals surface area contributed by atoms with Gasteiger partial charge in [-0.2, -0.15) is 13.2 Å². The highest BCUT2D eigenvalue weighted by Gasteiger charge is 2.48. The molecular weight excluding hydrogens is 469 g/mol. The van der Waals surface area contributed by atoms with Crippen molar-refractivity contribution < 1.29 is 22.7 Å². The quantitative estimate of drug-likeness (QED) is 0.466. The standard InChI is InChI=1S/C24H22ClF3N4O2/c25-18-5-7-21(8-6-18)34-15-19-12-32(30-29-19)20-13-31(14-20)22(33)11-23(9-10-23)16-1-3-17(4-2-16)24(26,27)28/h1-8,12,20H,9-11,13-15H2. The van der Waals surface area contributed by atoms with E-state index in [4.69, 9.17) is 16.3 Å². The van der Waals surface area contributed by atoms with Gasteiger partial charge < -0.3 is 9.64 Å². The van der Waals surface area contributed by atoms with Crippen LogP contribution in [0.4, 0.5) is 13.2 Å². The van der Waals surface area contributed by atoms with Crippen molar-refractivity contribution in [3.05, 3.63) is 76.6 Å². The molecule has 5 rings (SSSR count). The zero-order valence-corrected chi connectivity index (χ0v) is 18.9. The highest BCUT2D eigenvalue weighted by Crippen LogP contribution is 2.52. The van der Waals surface area contributed by atoms with Gasteiger partial charge >= 0.3 is 6.18 Å². The summed E-state index contributed by atoms with van der Waals surface area (Å²) in [5.74, 6) is 0.696. The number of carbonyl (C=O) groups excluding carboxylic acids is 1. The second kappa shape index (κ2) is 8.61. The Morgan fingerprint density at radius 2 is 1.76 bits per heavy atom. The third-order valence-corrected chi connectivity index (χ3v) is 6.77. The number of benzene rings is 2. The molecule has 34 heavy (non-hydrogen) atoms. The van der Waals surface area contributed by atoms with Crippen molar-refractivity contribution in [2.45, 2.75) is 43.5 Å². The first-order valence-corrected chi connectivity index (χ1v) is 11.3. The summed E-state index contributed by atoms with van der Waals surface area (Å²) in [7, 11) is 0. The van der Waals surface area contributed by atoms with Gasteiger partial charge in [0, 0.05) is 29.9 Å². The molecule has 0 atom stereocenters. The lowest BCUT2D eigenvalue weighted by atomic mass is 9.90. The molecule has 0 spiro atoms. The fourth-order valence-corrected chi connectivity index (χ4v) is 4.33. The molecule has 178 valence electrons. The lowest BCUT2D eigenvalue weighted by Crippen LogP contribution is -2.51. The number of nitrogens with zero attached hydrogens (tertiary/aromatic N) is 4. The van der Waals surface area contributed by atoms with Gasteiger partial charge in [0.25, 0.3) is 0 Å². The number of likely N-dealkylation sites (tertiary alicyclic amines) is 1. The average Bonchev–Trinajstić information content (AvgIpc) is 3.40. The molecule has 0 bridgehead atoms. The van der Waals surface area contributed by atoms with Crippen LogP contribution >= 0.6 is 11.6 Å². The summed E-state index contributed by atoms with van der Waals surface area (Å²) in [5.41, 5.74) is 0.465. The normalized spacial score (nSPS) is 17.4. The average molecular weight is 491 g/mol. The Morgan fingerprint density at radius 1 is 1.09 bits per heavy atom. The molecule has 0 radical (unpaired) electrons. The van der Waals surface area contributed by atoms with Crippen LogP contribution in [0.2, 0.25) is 5.02 Å². The number of ether oxygens (including phenoxy) is 1. The number of rotatable bonds is 7. The zero-order chi connectivity index (χ0) is 23.9. The zero-order valence-electron chi connectivity index (χ0n) is 18.1. The van der Waals surface area contributed by atoms with Gasteiger partial charge in [0.2, 0.25) is 5.91 Å². The fraction of sp³-hybridized carbons (Fsp3) is 0.375.